The molecule has 0 saturated heterocycles. The third kappa shape index (κ3) is 33.4. The number of rotatable bonds is 14. The van der Waals surface area contributed by atoms with E-state index in [1.807, 2.05) is 0 Å². The van der Waals surface area contributed by atoms with Gasteiger partial charge < -0.3 is 5.11 Å². The molecule has 0 N–H and O–H groups in total. The van der Waals surface area contributed by atoms with Crippen molar-refractivity contribution in [2.75, 3.05) is 0 Å². The van der Waals surface area contributed by atoms with Gasteiger partial charge in [-0.25, -0.2) is 0 Å². The molecule has 0 aliphatic heterocycles. The summed E-state index contributed by atoms with van der Waals surface area (Å²) in [6.07, 6.45) is 17.2. The number of unbranched alkanes of at least 4 members (excludes halogenated alkanes) is 10. The summed E-state index contributed by atoms with van der Waals surface area (Å²) in [6.45, 7) is 7.81. The van der Waals surface area contributed by atoms with Crippen molar-refractivity contribution >= 4 is 15.2 Å². The first-order valence-corrected chi connectivity index (χ1v) is 11.3. The Balaban J connectivity index is 0. The van der Waals surface area contributed by atoms with Crippen LogP contribution in [0.4, 0.5) is 0 Å². The van der Waals surface area contributed by atoms with Gasteiger partial charge in [-0.3, -0.25) is 0 Å². The van der Waals surface area contributed by atoms with E-state index in [0.717, 1.165) is 15.2 Å². The van der Waals surface area contributed by atoms with E-state index in [1.165, 1.54) is 77.0 Å². The van der Waals surface area contributed by atoms with E-state index >= 15 is 0 Å². The van der Waals surface area contributed by atoms with Crippen molar-refractivity contribution in [3.05, 3.63) is 0 Å². The summed E-state index contributed by atoms with van der Waals surface area (Å²) in [5.41, 5.74) is 0. The molecule has 0 atom stereocenters. The molecule has 0 aliphatic carbocycles. The molecule has 0 fully saturated rings. The van der Waals surface area contributed by atoms with Crippen LogP contribution in [0.3, 0.4) is 0 Å². The summed E-state index contributed by atoms with van der Waals surface area (Å²) in [4.78, 5) is 0. The van der Waals surface area contributed by atoms with Gasteiger partial charge >= 0.3 is 117 Å². The van der Waals surface area contributed by atoms with Gasteiger partial charge in [-0.05, 0) is 0 Å². The maximum atomic E-state index is 9.53. The fraction of sp³-hybridized carbons (Fsp3) is 1.00. The zero-order valence-corrected chi connectivity index (χ0v) is 16.6. The van der Waals surface area contributed by atoms with Crippen LogP contribution in [0.5, 0.6) is 0 Å². The van der Waals surface area contributed by atoms with Crippen LogP contribution in [0.2, 0.25) is 10.6 Å². The second-order valence-electron chi connectivity index (χ2n) is 6.45. The molecule has 0 rings (SSSR count). The summed E-state index contributed by atoms with van der Waals surface area (Å²) in [7, 11) is 0. The molecule has 126 valence electrons. The van der Waals surface area contributed by atoms with E-state index in [4.69, 9.17) is 0 Å². The van der Waals surface area contributed by atoms with Crippen LogP contribution in [0, 0.1) is 0 Å². The molecule has 0 bridgehead atoms. The Kier molecular flexibility index (Phi) is 25.8. The first-order valence-electron chi connectivity index (χ1n) is 9.62. The first kappa shape index (κ1) is 23.8. The van der Waals surface area contributed by atoms with Crippen molar-refractivity contribution in [1.29, 1.82) is 0 Å². The van der Waals surface area contributed by atoms with Crippen molar-refractivity contribution in [1.82, 2.24) is 0 Å². The molecule has 0 saturated carbocycles. The molecule has 0 radical (unpaired) electrons. The van der Waals surface area contributed by atoms with E-state index in [-0.39, 0.29) is 0 Å². The van der Waals surface area contributed by atoms with Crippen molar-refractivity contribution < 1.29 is 5.11 Å². The number of hydrogen-bond donors (Lipinski definition) is 0. The molecule has 0 aliphatic rings. The van der Waals surface area contributed by atoms with Gasteiger partial charge in [-0.15, -0.1) is 6.10 Å². The summed E-state index contributed by atoms with van der Waals surface area (Å²) < 4.78 is 0. The van der Waals surface area contributed by atoms with Gasteiger partial charge in [0.1, 0.15) is 0 Å². The molecule has 0 unspecified atom stereocenters. The summed E-state index contributed by atoms with van der Waals surface area (Å²) in [5, 5.41) is 12.7. The van der Waals surface area contributed by atoms with Gasteiger partial charge in [-0.2, -0.15) is 0 Å². The minimum atomic E-state index is -0.417. The Bertz CT molecular complexity index is 143. The summed E-state index contributed by atoms with van der Waals surface area (Å²) in [5.74, 6) is 0. The molecule has 1 nitrogen and oxygen atoms in total. The van der Waals surface area contributed by atoms with Crippen LogP contribution in [0.1, 0.15) is 105 Å². The molecular formula is C19H41AlO. The number of hydrogen-bond acceptors (Lipinski definition) is 1. The Morgan fingerprint density at radius 2 is 0.905 bits per heavy atom. The second-order valence-corrected chi connectivity index (χ2v) is 8.18. The monoisotopic (exact) mass is 312 g/mol. The molecule has 0 aromatic carbocycles. The van der Waals surface area contributed by atoms with Gasteiger partial charge in [0.2, 0.25) is 0 Å². The SMILES string of the molecule is CC(C)[O-].CCCCCCC[CH2][Al+][CH2]CCCCCCC. The second kappa shape index (κ2) is 22.8. The molecule has 2 heteroatoms. The summed E-state index contributed by atoms with van der Waals surface area (Å²) >= 11 is 0.794. The average molecular weight is 313 g/mol. The van der Waals surface area contributed by atoms with Crippen LogP contribution < -0.4 is 5.11 Å². The van der Waals surface area contributed by atoms with Gasteiger partial charge in [0.05, 0.1) is 0 Å². The quantitative estimate of drug-likeness (QED) is 0.285. The van der Waals surface area contributed by atoms with E-state index in [0.29, 0.717) is 0 Å². The van der Waals surface area contributed by atoms with E-state index in [2.05, 4.69) is 13.8 Å². The predicted octanol–water partition coefficient (Wildman–Crippen LogP) is 6.00. The molecular weight excluding hydrogens is 271 g/mol. The Labute approximate surface area is 142 Å². The van der Waals surface area contributed by atoms with Gasteiger partial charge in [-0.1, -0.05) is 13.8 Å². The molecule has 0 heterocycles. The molecule has 0 spiro atoms. The van der Waals surface area contributed by atoms with Gasteiger partial charge in [0, 0.05) is 0 Å². The average Bonchev–Trinajstić information content (AvgIpc) is 2.43. The van der Waals surface area contributed by atoms with Crippen molar-refractivity contribution in [2.45, 2.75) is 121 Å². The fourth-order valence-corrected chi connectivity index (χ4v) is 3.73. The third-order valence-electron chi connectivity index (χ3n) is 3.52. The molecule has 0 amide bonds. The molecule has 0 aromatic heterocycles. The van der Waals surface area contributed by atoms with Crippen LogP contribution in [-0.4, -0.2) is 21.3 Å². The predicted molar refractivity (Wildman–Crippen MR) is 97.3 cm³/mol. The van der Waals surface area contributed by atoms with Crippen molar-refractivity contribution in [2.24, 2.45) is 0 Å². The zero-order valence-electron chi connectivity index (χ0n) is 15.5. The van der Waals surface area contributed by atoms with Crippen molar-refractivity contribution in [3.8, 4) is 0 Å². The first-order chi connectivity index (χ1) is 10.1. The van der Waals surface area contributed by atoms with Crippen LogP contribution in [0.15, 0.2) is 0 Å². The van der Waals surface area contributed by atoms with Crippen molar-refractivity contribution in [3.63, 3.8) is 0 Å². The van der Waals surface area contributed by atoms with E-state index in [9.17, 15) is 5.11 Å². The van der Waals surface area contributed by atoms with Gasteiger partial charge in [0.15, 0.2) is 0 Å². The van der Waals surface area contributed by atoms with Crippen LogP contribution in [-0.2, 0) is 0 Å². The Morgan fingerprint density at radius 1 is 0.619 bits per heavy atom. The topological polar surface area (TPSA) is 23.1 Å². The zero-order chi connectivity index (χ0) is 16.2. The Morgan fingerprint density at radius 3 is 1.24 bits per heavy atom. The Hall–Kier alpha value is 0.492. The van der Waals surface area contributed by atoms with Gasteiger partial charge in [0.25, 0.3) is 0 Å². The maximum absolute atomic E-state index is 9.53. The third-order valence-corrected chi connectivity index (χ3v) is 5.16. The minimum absolute atomic E-state index is 0.417. The molecule has 21 heavy (non-hydrogen) atoms. The summed E-state index contributed by atoms with van der Waals surface area (Å²) in [6, 6.07) is 0. The fourth-order valence-electron chi connectivity index (χ4n) is 2.28. The van der Waals surface area contributed by atoms with Crippen LogP contribution in [0.25, 0.3) is 0 Å². The van der Waals surface area contributed by atoms with Crippen LogP contribution >= 0.6 is 0 Å². The standard InChI is InChI=1S/2C8H17.C3H7O.Al/c2*1-3-5-7-8-6-4-2;1-3(2)4;/h2*1,3-8H2,2H3;3H,1-2H3;/q;;-1;+1. The van der Waals surface area contributed by atoms with E-state index in [1.54, 1.807) is 24.4 Å². The molecule has 0 aromatic rings. The normalized spacial score (nSPS) is 10.2. The van der Waals surface area contributed by atoms with E-state index < -0.39 is 6.10 Å².